The predicted octanol–water partition coefficient (Wildman–Crippen LogP) is -0.662. The Balaban J connectivity index is 1.50. The lowest BCUT2D eigenvalue weighted by molar-refractivity contribution is -0.232. The molecule has 44 heavy (non-hydrogen) atoms. The summed E-state index contributed by atoms with van der Waals surface area (Å²) < 4.78 is 52.0. The quantitative estimate of drug-likeness (QED) is 0.225. The summed E-state index contributed by atoms with van der Waals surface area (Å²) in [4.78, 5) is 60.9. The Morgan fingerprint density at radius 3 is 1.89 bits per heavy atom. The van der Waals surface area contributed by atoms with Crippen LogP contribution in [0.1, 0.15) is 55.4 Å². The number of fused-ring (bicyclic) bond motifs is 3. The van der Waals surface area contributed by atoms with Crippen LogP contribution in [-0.2, 0) is 61.8 Å². The fourth-order valence-electron chi connectivity index (χ4n) is 5.69. The van der Waals surface area contributed by atoms with Crippen LogP contribution in [0.3, 0.4) is 0 Å². The van der Waals surface area contributed by atoms with Crippen molar-refractivity contribution in [1.29, 1.82) is 0 Å². The number of hydrogen-bond acceptors (Lipinski definition) is 14. The van der Waals surface area contributed by atoms with Crippen LogP contribution in [0.25, 0.3) is 0 Å². The summed E-state index contributed by atoms with van der Waals surface area (Å²) >= 11 is 0. The number of rotatable bonds is 8. The van der Waals surface area contributed by atoms with Crippen LogP contribution in [0.2, 0.25) is 0 Å². The number of nitrogens with one attached hydrogen (secondary N) is 3. The molecule has 0 aliphatic carbocycles. The predicted molar refractivity (Wildman–Crippen MR) is 143 cm³/mol. The van der Waals surface area contributed by atoms with E-state index in [2.05, 4.69) is 16.0 Å². The van der Waals surface area contributed by atoms with Crippen molar-refractivity contribution in [2.45, 2.75) is 128 Å². The van der Waals surface area contributed by atoms with E-state index < -0.39 is 109 Å². The molecule has 4 aliphatic rings. The molecule has 17 nitrogen and oxygen atoms in total. The summed E-state index contributed by atoms with van der Waals surface area (Å²) in [6.07, 6.45) is -8.30. The molecule has 248 valence electrons. The van der Waals surface area contributed by atoms with Gasteiger partial charge in [-0.25, -0.2) is 4.79 Å². The number of hydrogen-bond donors (Lipinski definition) is 3. The molecule has 10 atom stereocenters. The minimum atomic E-state index is -1.34. The van der Waals surface area contributed by atoms with Crippen LogP contribution in [-0.4, -0.2) is 116 Å². The lowest BCUT2D eigenvalue weighted by Gasteiger charge is -2.45. The number of esters is 3. The highest BCUT2D eigenvalue weighted by Crippen LogP contribution is 2.44. The van der Waals surface area contributed by atoms with E-state index in [-0.39, 0.29) is 6.54 Å². The number of ether oxygens (including phenoxy) is 9. The van der Waals surface area contributed by atoms with Gasteiger partial charge in [-0.3, -0.25) is 19.2 Å². The highest BCUT2D eigenvalue weighted by atomic mass is 16.9. The van der Waals surface area contributed by atoms with Gasteiger partial charge in [0.1, 0.15) is 43.2 Å². The Hall–Kier alpha value is -3.09. The van der Waals surface area contributed by atoms with Gasteiger partial charge in [0.05, 0.1) is 0 Å². The summed E-state index contributed by atoms with van der Waals surface area (Å²) in [6, 6.07) is -1.97. The minimum absolute atomic E-state index is 0.0582. The summed E-state index contributed by atoms with van der Waals surface area (Å²) in [5.74, 6) is -4.57. The van der Waals surface area contributed by atoms with E-state index in [9.17, 15) is 24.0 Å². The van der Waals surface area contributed by atoms with Gasteiger partial charge in [0.15, 0.2) is 36.3 Å². The fraction of sp³-hybridized carbons (Fsp3) is 0.815. The lowest BCUT2D eigenvalue weighted by atomic mass is 9.95. The largest absolute Gasteiger partial charge is 0.463 e. The van der Waals surface area contributed by atoms with Gasteiger partial charge in [-0.2, -0.15) is 0 Å². The van der Waals surface area contributed by atoms with Crippen LogP contribution in [0, 0.1) is 0 Å². The summed E-state index contributed by atoms with van der Waals surface area (Å²) in [7, 11) is 0. The third-order valence-electron chi connectivity index (χ3n) is 7.10. The van der Waals surface area contributed by atoms with Crippen molar-refractivity contribution in [3.8, 4) is 0 Å². The average molecular weight is 632 g/mol. The van der Waals surface area contributed by atoms with Crippen molar-refractivity contribution >= 4 is 29.8 Å². The molecule has 4 rings (SSSR count). The molecule has 0 saturated carbocycles. The van der Waals surface area contributed by atoms with E-state index >= 15 is 0 Å². The van der Waals surface area contributed by atoms with Gasteiger partial charge >= 0.3 is 23.9 Å². The van der Waals surface area contributed by atoms with Gasteiger partial charge in [0.2, 0.25) is 5.91 Å². The zero-order valence-corrected chi connectivity index (χ0v) is 25.9. The number of carbonyl (C=O) groups excluding carboxylic acids is 5. The first kappa shape index (κ1) is 33.8. The lowest BCUT2D eigenvalue weighted by Crippen LogP contribution is -2.70. The second-order valence-electron chi connectivity index (χ2n) is 11.8. The smallest absolute Gasteiger partial charge is 0.316 e. The van der Waals surface area contributed by atoms with Gasteiger partial charge in [-0.1, -0.05) is 0 Å². The molecule has 4 heterocycles. The second-order valence-corrected chi connectivity index (χ2v) is 11.8. The van der Waals surface area contributed by atoms with Crippen LogP contribution >= 0.6 is 0 Å². The number of urea groups is 1. The topological polar surface area (TPSA) is 205 Å². The second kappa shape index (κ2) is 13.1. The van der Waals surface area contributed by atoms with Crippen molar-refractivity contribution in [1.82, 2.24) is 16.0 Å². The third-order valence-corrected chi connectivity index (χ3v) is 7.10. The summed E-state index contributed by atoms with van der Waals surface area (Å²) in [6.45, 7) is 11.2. The van der Waals surface area contributed by atoms with E-state index in [0.717, 1.165) is 13.8 Å². The first-order valence-corrected chi connectivity index (χ1v) is 14.3. The highest BCUT2D eigenvalue weighted by Gasteiger charge is 2.60. The van der Waals surface area contributed by atoms with Crippen molar-refractivity contribution in [2.75, 3.05) is 13.2 Å². The van der Waals surface area contributed by atoms with Crippen molar-refractivity contribution < 1.29 is 66.6 Å². The monoisotopic (exact) mass is 631 g/mol. The Bertz CT molecular complexity index is 1130. The highest BCUT2D eigenvalue weighted by molar-refractivity contribution is 5.76. The molecular weight excluding hydrogens is 590 g/mol. The van der Waals surface area contributed by atoms with Crippen LogP contribution in [0.15, 0.2) is 0 Å². The zero-order valence-electron chi connectivity index (χ0n) is 25.9. The Morgan fingerprint density at radius 2 is 1.27 bits per heavy atom. The van der Waals surface area contributed by atoms with E-state index in [4.69, 9.17) is 42.6 Å². The maximum atomic E-state index is 13.2. The van der Waals surface area contributed by atoms with E-state index in [1.165, 1.54) is 13.8 Å². The van der Waals surface area contributed by atoms with Crippen molar-refractivity contribution in [3.05, 3.63) is 0 Å². The zero-order chi connectivity index (χ0) is 32.6. The Morgan fingerprint density at radius 1 is 0.682 bits per heavy atom. The SMILES string of the molecule is CC(=O)N[C@@H]1[C@@H](OC(C)=O)[C@H](OC(C)=O)[C@@H](COC(C)=O)O[C@H]1NC(=O)NC[C@H]1O[C@@H]2OC(C)(C)O[C@@H]2[C@H]2OC(C)(C)O[C@H]21. The molecule has 0 unspecified atom stereocenters. The molecule has 3 N–H and O–H groups in total. The molecule has 3 amide bonds. The normalized spacial score (nSPS) is 36.6. The molecule has 17 heteroatoms. The molecule has 0 bridgehead atoms. The van der Waals surface area contributed by atoms with Crippen molar-refractivity contribution in [3.63, 3.8) is 0 Å². The van der Waals surface area contributed by atoms with E-state index in [0.29, 0.717) is 0 Å². The maximum Gasteiger partial charge on any atom is 0.316 e. The summed E-state index contributed by atoms with van der Waals surface area (Å²) in [5.41, 5.74) is 0. The van der Waals surface area contributed by atoms with Crippen LogP contribution in [0.5, 0.6) is 0 Å². The fourth-order valence-corrected chi connectivity index (χ4v) is 5.69. The maximum absolute atomic E-state index is 13.2. The first-order valence-electron chi connectivity index (χ1n) is 14.3. The van der Waals surface area contributed by atoms with Crippen molar-refractivity contribution in [2.24, 2.45) is 0 Å². The number of amides is 3. The molecule has 0 spiro atoms. The molecule has 0 aromatic heterocycles. The van der Waals surface area contributed by atoms with Gasteiger partial charge < -0.3 is 58.6 Å². The third kappa shape index (κ3) is 8.13. The van der Waals surface area contributed by atoms with Gasteiger partial charge in [0.25, 0.3) is 0 Å². The molecule has 4 saturated heterocycles. The first-order chi connectivity index (χ1) is 20.4. The minimum Gasteiger partial charge on any atom is -0.463 e. The van der Waals surface area contributed by atoms with Gasteiger partial charge in [-0.05, 0) is 27.7 Å². The number of carbonyl (C=O) groups is 5. The Labute approximate surface area is 254 Å². The molecule has 4 fully saturated rings. The van der Waals surface area contributed by atoms with E-state index in [1.54, 1.807) is 27.7 Å². The van der Waals surface area contributed by atoms with Crippen LogP contribution in [0.4, 0.5) is 4.79 Å². The van der Waals surface area contributed by atoms with Crippen LogP contribution < -0.4 is 16.0 Å². The van der Waals surface area contributed by atoms with Gasteiger partial charge in [-0.15, -0.1) is 0 Å². The molecular formula is C27H41N3O14. The Kier molecular flexibility index (Phi) is 10.1. The average Bonchev–Trinajstić information content (AvgIpc) is 3.37. The molecule has 0 aromatic rings. The standard InChI is InChI=1S/C27H41N3O14/c1-11(31)29-17-20(38-14(4)34)18(37-13(3)33)16(10-36-12(2)32)39-23(17)30-25(35)28-9-15-19-21(42-26(5,6)41-19)22-24(40-15)44-27(7,8)43-22/h15-24H,9-10H2,1-8H3,(H,29,31)(H2,28,30,35)/t15-,16-,17-,18-,19+,20-,21+,22-,23-,24-/m1/s1. The van der Waals surface area contributed by atoms with E-state index in [1.807, 2.05) is 0 Å². The van der Waals surface area contributed by atoms with Gasteiger partial charge in [0, 0.05) is 34.2 Å². The molecule has 4 aliphatic heterocycles. The molecule has 0 radical (unpaired) electrons. The molecule has 0 aromatic carbocycles. The summed E-state index contributed by atoms with van der Waals surface area (Å²) in [5, 5.41) is 7.89.